The lowest BCUT2D eigenvalue weighted by atomic mass is 9.96. The maximum atomic E-state index is 11.8. The third-order valence-corrected chi connectivity index (χ3v) is 3.78. The Labute approximate surface area is 112 Å². The summed E-state index contributed by atoms with van der Waals surface area (Å²) in [5.41, 5.74) is 4.00. The molecule has 1 heterocycles. The standard InChI is InChI=1S/C16H16N2O/c1-11-15(19)17-18(16(11,2)3)14-9-8-12-6-4-5-7-13(12)10-14/h4-10H,1H2,2-3H3,(H,17,19). The van der Waals surface area contributed by atoms with Crippen molar-refractivity contribution >= 4 is 22.4 Å². The summed E-state index contributed by atoms with van der Waals surface area (Å²) in [6.45, 7) is 7.85. The summed E-state index contributed by atoms with van der Waals surface area (Å²) in [6.07, 6.45) is 0. The molecule has 1 saturated heterocycles. The van der Waals surface area contributed by atoms with E-state index in [4.69, 9.17) is 0 Å². The second kappa shape index (κ2) is 3.85. The molecule has 0 aromatic heterocycles. The molecule has 2 aromatic carbocycles. The molecule has 1 fully saturated rings. The highest BCUT2D eigenvalue weighted by Crippen LogP contribution is 2.33. The topological polar surface area (TPSA) is 32.3 Å². The van der Waals surface area contributed by atoms with Crippen molar-refractivity contribution in [1.29, 1.82) is 0 Å². The third-order valence-electron chi connectivity index (χ3n) is 3.78. The van der Waals surface area contributed by atoms with E-state index in [1.807, 2.05) is 37.1 Å². The normalized spacial score (nSPS) is 17.9. The van der Waals surface area contributed by atoms with Crippen molar-refractivity contribution in [3.8, 4) is 0 Å². The first-order valence-corrected chi connectivity index (χ1v) is 6.29. The van der Waals surface area contributed by atoms with Crippen molar-refractivity contribution in [1.82, 2.24) is 5.43 Å². The Morgan fingerprint density at radius 2 is 1.79 bits per heavy atom. The number of hydrazine groups is 1. The summed E-state index contributed by atoms with van der Waals surface area (Å²) in [4.78, 5) is 11.8. The highest BCUT2D eigenvalue weighted by molar-refractivity contribution is 6.01. The zero-order valence-corrected chi connectivity index (χ0v) is 11.1. The molecule has 3 rings (SSSR count). The summed E-state index contributed by atoms with van der Waals surface area (Å²) >= 11 is 0. The van der Waals surface area contributed by atoms with Gasteiger partial charge in [0.1, 0.15) is 0 Å². The fourth-order valence-electron chi connectivity index (χ4n) is 2.42. The highest BCUT2D eigenvalue weighted by atomic mass is 16.2. The first kappa shape index (κ1) is 11.8. The molecule has 0 spiro atoms. The van der Waals surface area contributed by atoms with Crippen molar-refractivity contribution < 1.29 is 4.79 Å². The van der Waals surface area contributed by atoms with E-state index < -0.39 is 5.54 Å². The molecule has 3 heteroatoms. The van der Waals surface area contributed by atoms with Gasteiger partial charge >= 0.3 is 0 Å². The number of carbonyl (C=O) groups excluding carboxylic acids is 1. The lowest BCUT2D eigenvalue weighted by Gasteiger charge is -2.32. The van der Waals surface area contributed by atoms with Gasteiger partial charge in [-0.05, 0) is 36.8 Å². The Hall–Kier alpha value is -2.29. The molecule has 19 heavy (non-hydrogen) atoms. The number of hydrogen-bond donors (Lipinski definition) is 1. The maximum absolute atomic E-state index is 11.8. The third kappa shape index (κ3) is 1.70. The highest BCUT2D eigenvalue weighted by Gasteiger charge is 2.41. The van der Waals surface area contributed by atoms with E-state index in [0.29, 0.717) is 5.57 Å². The molecule has 0 saturated carbocycles. The number of nitrogens with one attached hydrogen (secondary N) is 1. The van der Waals surface area contributed by atoms with Crippen LogP contribution in [0.4, 0.5) is 5.69 Å². The predicted octanol–water partition coefficient (Wildman–Crippen LogP) is 3.03. The van der Waals surface area contributed by atoms with Gasteiger partial charge in [-0.1, -0.05) is 36.9 Å². The minimum atomic E-state index is -0.417. The Morgan fingerprint density at radius 1 is 1.11 bits per heavy atom. The van der Waals surface area contributed by atoms with Crippen LogP contribution in [-0.4, -0.2) is 11.4 Å². The minimum Gasteiger partial charge on any atom is -0.275 e. The van der Waals surface area contributed by atoms with Gasteiger partial charge in [0.25, 0.3) is 5.91 Å². The molecule has 3 nitrogen and oxygen atoms in total. The van der Waals surface area contributed by atoms with Crippen LogP contribution in [0.5, 0.6) is 0 Å². The number of amides is 1. The molecule has 0 unspecified atom stereocenters. The second-order valence-electron chi connectivity index (χ2n) is 5.35. The zero-order chi connectivity index (χ0) is 13.6. The van der Waals surface area contributed by atoms with Gasteiger partial charge in [-0.3, -0.25) is 15.2 Å². The maximum Gasteiger partial charge on any atom is 0.267 e. The average molecular weight is 252 g/mol. The van der Waals surface area contributed by atoms with Crippen molar-refractivity contribution in [3.05, 3.63) is 54.6 Å². The van der Waals surface area contributed by atoms with Gasteiger partial charge in [0.15, 0.2) is 0 Å². The Morgan fingerprint density at radius 3 is 2.42 bits per heavy atom. The molecule has 0 aliphatic carbocycles. The SMILES string of the molecule is C=C1C(=O)NN(c2ccc3ccccc3c2)C1(C)C. The van der Waals surface area contributed by atoms with Gasteiger partial charge < -0.3 is 0 Å². The van der Waals surface area contributed by atoms with E-state index in [0.717, 1.165) is 11.1 Å². The van der Waals surface area contributed by atoms with Crippen LogP contribution < -0.4 is 10.4 Å². The molecule has 0 radical (unpaired) electrons. The van der Waals surface area contributed by atoms with Gasteiger partial charge in [0.2, 0.25) is 0 Å². The monoisotopic (exact) mass is 252 g/mol. The smallest absolute Gasteiger partial charge is 0.267 e. The lowest BCUT2D eigenvalue weighted by Crippen LogP contribution is -2.44. The van der Waals surface area contributed by atoms with Gasteiger partial charge in [0.05, 0.1) is 11.2 Å². The van der Waals surface area contributed by atoms with Crippen LogP contribution in [0.1, 0.15) is 13.8 Å². The number of fused-ring (bicyclic) bond motifs is 1. The van der Waals surface area contributed by atoms with Gasteiger partial charge in [-0.2, -0.15) is 0 Å². The molecule has 96 valence electrons. The van der Waals surface area contributed by atoms with E-state index in [2.05, 4.69) is 36.3 Å². The summed E-state index contributed by atoms with van der Waals surface area (Å²) in [5, 5.41) is 4.22. The number of carbonyl (C=O) groups is 1. The van der Waals surface area contributed by atoms with Crippen molar-refractivity contribution in [3.63, 3.8) is 0 Å². The summed E-state index contributed by atoms with van der Waals surface area (Å²) in [7, 11) is 0. The van der Waals surface area contributed by atoms with E-state index in [1.54, 1.807) is 0 Å². The average Bonchev–Trinajstić information content (AvgIpc) is 2.62. The predicted molar refractivity (Wildman–Crippen MR) is 77.8 cm³/mol. The number of hydrogen-bond acceptors (Lipinski definition) is 2. The fraction of sp³-hybridized carbons (Fsp3) is 0.188. The van der Waals surface area contributed by atoms with E-state index in [9.17, 15) is 4.79 Å². The van der Waals surface area contributed by atoms with Gasteiger partial charge in [-0.15, -0.1) is 0 Å². The lowest BCUT2D eigenvalue weighted by molar-refractivity contribution is -0.116. The first-order valence-electron chi connectivity index (χ1n) is 6.29. The van der Waals surface area contributed by atoms with E-state index in [-0.39, 0.29) is 5.91 Å². The Balaban J connectivity index is 2.10. The number of rotatable bonds is 1. The van der Waals surface area contributed by atoms with Crippen LogP contribution >= 0.6 is 0 Å². The molecule has 1 aliphatic rings. The summed E-state index contributed by atoms with van der Waals surface area (Å²) in [6, 6.07) is 14.3. The van der Waals surface area contributed by atoms with Gasteiger partial charge in [0, 0.05) is 5.57 Å². The van der Waals surface area contributed by atoms with Crippen LogP contribution in [-0.2, 0) is 4.79 Å². The van der Waals surface area contributed by atoms with Crippen LogP contribution in [0, 0.1) is 0 Å². The van der Waals surface area contributed by atoms with Crippen molar-refractivity contribution in [2.24, 2.45) is 0 Å². The Kier molecular flexibility index (Phi) is 2.39. The molecular formula is C16H16N2O. The van der Waals surface area contributed by atoms with Gasteiger partial charge in [-0.25, -0.2) is 0 Å². The molecule has 1 amide bonds. The fourth-order valence-corrected chi connectivity index (χ4v) is 2.42. The molecule has 0 atom stereocenters. The second-order valence-corrected chi connectivity index (χ2v) is 5.35. The molecular weight excluding hydrogens is 236 g/mol. The van der Waals surface area contributed by atoms with Crippen LogP contribution in [0.3, 0.4) is 0 Å². The van der Waals surface area contributed by atoms with E-state index >= 15 is 0 Å². The van der Waals surface area contributed by atoms with Crippen LogP contribution in [0.2, 0.25) is 0 Å². The number of anilines is 1. The van der Waals surface area contributed by atoms with Crippen LogP contribution in [0.25, 0.3) is 10.8 Å². The largest absolute Gasteiger partial charge is 0.275 e. The molecule has 2 aromatic rings. The summed E-state index contributed by atoms with van der Waals surface area (Å²) < 4.78 is 0. The number of benzene rings is 2. The molecule has 1 N–H and O–H groups in total. The first-order chi connectivity index (χ1) is 9.00. The zero-order valence-electron chi connectivity index (χ0n) is 11.1. The van der Waals surface area contributed by atoms with Crippen molar-refractivity contribution in [2.75, 3.05) is 5.01 Å². The minimum absolute atomic E-state index is 0.113. The quantitative estimate of drug-likeness (QED) is 0.791. The summed E-state index contributed by atoms with van der Waals surface area (Å²) in [5.74, 6) is -0.113. The van der Waals surface area contributed by atoms with E-state index in [1.165, 1.54) is 5.39 Å². The Bertz CT molecular complexity index is 688. The van der Waals surface area contributed by atoms with Crippen LogP contribution in [0.15, 0.2) is 54.6 Å². The van der Waals surface area contributed by atoms with Crippen molar-refractivity contribution in [2.45, 2.75) is 19.4 Å². The molecule has 0 bridgehead atoms. The molecule has 1 aliphatic heterocycles. The number of nitrogens with zero attached hydrogens (tertiary/aromatic N) is 1.